The van der Waals surface area contributed by atoms with Crippen LogP contribution in [0.1, 0.15) is 38.4 Å². The van der Waals surface area contributed by atoms with Crippen LogP contribution in [0.4, 0.5) is 5.82 Å². The number of pyridine rings is 1. The molecule has 1 amide bonds. The summed E-state index contributed by atoms with van der Waals surface area (Å²) in [6, 6.07) is 3.50. The van der Waals surface area contributed by atoms with E-state index in [1.54, 1.807) is 18.3 Å². The molecule has 156 valence electrons. The highest BCUT2D eigenvalue weighted by Gasteiger charge is 2.24. The molecule has 1 aliphatic rings. The van der Waals surface area contributed by atoms with E-state index in [9.17, 15) is 4.79 Å². The lowest BCUT2D eigenvalue weighted by molar-refractivity contribution is -0.121. The number of anilines is 1. The first-order chi connectivity index (χ1) is 13.8. The normalized spacial score (nSPS) is 13.1. The van der Waals surface area contributed by atoms with Gasteiger partial charge in [0, 0.05) is 36.1 Å². The van der Waals surface area contributed by atoms with Gasteiger partial charge in [-0.25, -0.2) is 9.97 Å². The molecular formula is C21H29N5O3. The van der Waals surface area contributed by atoms with Gasteiger partial charge in [-0.3, -0.25) is 9.78 Å². The van der Waals surface area contributed by atoms with Gasteiger partial charge in [0.25, 0.3) is 0 Å². The molecular weight excluding hydrogens is 370 g/mol. The predicted octanol–water partition coefficient (Wildman–Crippen LogP) is 1.75. The zero-order valence-corrected chi connectivity index (χ0v) is 17.5. The summed E-state index contributed by atoms with van der Waals surface area (Å²) in [6.07, 6.45) is 4.46. The summed E-state index contributed by atoms with van der Waals surface area (Å²) < 4.78 is 5.48. The van der Waals surface area contributed by atoms with Crippen molar-refractivity contribution in [2.45, 2.75) is 45.6 Å². The topological polar surface area (TPSA) is 100 Å². The van der Waals surface area contributed by atoms with Crippen molar-refractivity contribution in [3.63, 3.8) is 0 Å². The molecule has 1 aliphatic carbocycles. The third-order valence-electron chi connectivity index (χ3n) is 4.49. The minimum Gasteiger partial charge on any atom is -0.491 e. The van der Waals surface area contributed by atoms with Gasteiger partial charge in [-0.05, 0) is 46.1 Å². The first-order valence-electron chi connectivity index (χ1n) is 9.89. The molecule has 0 atom stereocenters. The lowest BCUT2D eigenvalue weighted by Crippen LogP contribution is -2.45. The summed E-state index contributed by atoms with van der Waals surface area (Å²) in [4.78, 5) is 28.1. The molecule has 0 aliphatic heterocycles. The zero-order chi connectivity index (χ0) is 21.0. The molecule has 2 heterocycles. The molecule has 0 saturated heterocycles. The quantitative estimate of drug-likeness (QED) is 0.731. The number of carbonyl (C=O) groups excluding carboxylic acids is 1. The Hall–Kier alpha value is -2.74. The van der Waals surface area contributed by atoms with Gasteiger partial charge in [-0.1, -0.05) is 0 Å². The van der Waals surface area contributed by atoms with Crippen LogP contribution in [-0.2, 0) is 17.6 Å². The fourth-order valence-electron chi connectivity index (χ4n) is 3.38. The molecule has 0 unspecified atom stereocenters. The zero-order valence-electron chi connectivity index (χ0n) is 17.5. The van der Waals surface area contributed by atoms with E-state index in [0.29, 0.717) is 17.3 Å². The number of carbonyl (C=O) groups is 1. The predicted molar refractivity (Wildman–Crippen MR) is 111 cm³/mol. The second kappa shape index (κ2) is 8.73. The van der Waals surface area contributed by atoms with Crippen molar-refractivity contribution < 1.29 is 14.6 Å². The number of aliphatic hydroxyl groups is 1. The number of nitrogens with one attached hydrogen (secondary N) is 1. The van der Waals surface area contributed by atoms with Crippen LogP contribution in [0.5, 0.6) is 5.75 Å². The Bertz CT molecular complexity index is 879. The van der Waals surface area contributed by atoms with E-state index in [-0.39, 0.29) is 31.2 Å². The van der Waals surface area contributed by atoms with Crippen molar-refractivity contribution in [1.82, 2.24) is 20.3 Å². The van der Waals surface area contributed by atoms with E-state index in [4.69, 9.17) is 19.8 Å². The molecule has 2 N–H and O–H groups in total. The molecule has 8 nitrogen and oxygen atoms in total. The Labute approximate surface area is 171 Å². The van der Waals surface area contributed by atoms with Crippen LogP contribution in [0, 0.1) is 0 Å². The van der Waals surface area contributed by atoms with Crippen LogP contribution in [0.15, 0.2) is 18.3 Å². The van der Waals surface area contributed by atoms with E-state index < -0.39 is 0 Å². The van der Waals surface area contributed by atoms with Gasteiger partial charge in [-0.2, -0.15) is 0 Å². The lowest BCUT2D eigenvalue weighted by atomic mass is 10.1. The van der Waals surface area contributed by atoms with Crippen molar-refractivity contribution in [3.05, 3.63) is 29.6 Å². The van der Waals surface area contributed by atoms with Crippen molar-refractivity contribution in [2.24, 2.45) is 0 Å². The maximum absolute atomic E-state index is 12.4. The maximum atomic E-state index is 12.4. The average Bonchev–Trinajstić information content (AvgIpc) is 3.12. The first-order valence-corrected chi connectivity index (χ1v) is 9.89. The van der Waals surface area contributed by atoms with Crippen LogP contribution in [-0.4, -0.2) is 58.3 Å². The van der Waals surface area contributed by atoms with E-state index in [1.165, 1.54) is 0 Å². The van der Waals surface area contributed by atoms with Crippen LogP contribution in [0.25, 0.3) is 11.5 Å². The SMILES string of the molecule is CN(CC(=O)NC(C)(C)C)c1nc(-c2cc(OCCO)ccn2)nc2c1CCC2. The number of aromatic nitrogens is 3. The number of hydrogen-bond donors (Lipinski definition) is 2. The molecule has 8 heteroatoms. The van der Waals surface area contributed by atoms with E-state index >= 15 is 0 Å². The van der Waals surface area contributed by atoms with Crippen molar-refractivity contribution in [1.29, 1.82) is 0 Å². The van der Waals surface area contributed by atoms with Crippen molar-refractivity contribution in [2.75, 3.05) is 31.7 Å². The summed E-state index contributed by atoms with van der Waals surface area (Å²) in [5.74, 6) is 1.84. The van der Waals surface area contributed by atoms with Gasteiger partial charge < -0.3 is 20.1 Å². The smallest absolute Gasteiger partial charge is 0.239 e. The standard InChI is InChI=1S/C21H29N5O3/c1-21(2,3)25-18(28)13-26(4)20-15-6-5-7-16(15)23-19(24-20)17-12-14(8-9-22-17)29-11-10-27/h8-9,12,27H,5-7,10-11,13H2,1-4H3,(H,25,28). The Morgan fingerprint density at radius 3 is 2.83 bits per heavy atom. The minimum atomic E-state index is -0.282. The molecule has 2 aromatic rings. The van der Waals surface area contributed by atoms with Gasteiger partial charge in [0.2, 0.25) is 5.91 Å². The Morgan fingerprint density at radius 1 is 1.31 bits per heavy atom. The van der Waals surface area contributed by atoms with Crippen LogP contribution in [0.3, 0.4) is 0 Å². The maximum Gasteiger partial charge on any atom is 0.239 e. The van der Waals surface area contributed by atoms with Crippen molar-refractivity contribution in [3.8, 4) is 17.3 Å². The summed E-state index contributed by atoms with van der Waals surface area (Å²) >= 11 is 0. The van der Waals surface area contributed by atoms with Crippen LogP contribution in [0.2, 0.25) is 0 Å². The molecule has 0 saturated carbocycles. The number of aryl methyl sites for hydroxylation is 1. The summed E-state index contributed by atoms with van der Waals surface area (Å²) in [5.41, 5.74) is 2.43. The molecule has 0 radical (unpaired) electrons. The second-order valence-corrected chi connectivity index (χ2v) is 8.25. The number of aliphatic hydroxyl groups excluding tert-OH is 1. The molecule has 0 aromatic carbocycles. The summed E-state index contributed by atoms with van der Waals surface area (Å²) in [6.45, 7) is 6.26. The number of nitrogens with zero attached hydrogens (tertiary/aromatic N) is 4. The first kappa shape index (κ1) is 21.0. The van der Waals surface area contributed by atoms with E-state index in [1.807, 2.05) is 32.7 Å². The Kier molecular flexibility index (Phi) is 6.32. The molecule has 29 heavy (non-hydrogen) atoms. The Balaban J connectivity index is 1.89. The lowest BCUT2D eigenvalue weighted by Gasteiger charge is -2.25. The van der Waals surface area contributed by atoms with Crippen LogP contribution < -0.4 is 15.0 Å². The number of likely N-dealkylation sites (N-methyl/N-ethyl adjacent to an activating group) is 1. The van der Waals surface area contributed by atoms with E-state index in [2.05, 4.69) is 10.3 Å². The molecule has 0 bridgehead atoms. The van der Waals surface area contributed by atoms with Gasteiger partial charge in [0.15, 0.2) is 5.82 Å². The summed E-state index contributed by atoms with van der Waals surface area (Å²) in [5, 5.41) is 11.9. The largest absolute Gasteiger partial charge is 0.491 e. The van der Waals surface area contributed by atoms with Crippen LogP contribution >= 0.6 is 0 Å². The fraction of sp³-hybridized carbons (Fsp3) is 0.524. The monoisotopic (exact) mass is 399 g/mol. The number of amides is 1. The third kappa shape index (κ3) is 5.41. The number of ether oxygens (including phenoxy) is 1. The summed E-state index contributed by atoms with van der Waals surface area (Å²) in [7, 11) is 1.88. The van der Waals surface area contributed by atoms with Gasteiger partial charge in [0.05, 0.1) is 13.2 Å². The van der Waals surface area contributed by atoms with Gasteiger partial charge >= 0.3 is 0 Å². The Morgan fingerprint density at radius 2 is 2.10 bits per heavy atom. The molecule has 0 fully saturated rings. The number of fused-ring (bicyclic) bond motifs is 1. The highest BCUT2D eigenvalue weighted by molar-refractivity contribution is 5.82. The van der Waals surface area contributed by atoms with Gasteiger partial charge in [0.1, 0.15) is 23.9 Å². The highest BCUT2D eigenvalue weighted by Crippen LogP contribution is 2.31. The fourth-order valence-corrected chi connectivity index (χ4v) is 3.38. The highest BCUT2D eigenvalue weighted by atomic mass is 16.5. The molecule has 2 aromatic heterocycles. The second-order valence-electron chi connectivity index (χ2n) is 8.25. The third-order valence-corrected chi connectivity index (χ3v) is 4.49. The number of rotatable bonds is 7. The number of hydrogen-bond acceptors (Lipinski definition) is 7. The van der Waals surface area contributed by atoms with Crippen molar-refractivity contribution >= 4 is 11.7 Å². The average molecular weight is 399 g/mol. The van der Waals surface area contributed by atoms with Gasteiger partial charge in [-0.15, -0.1) is 0 Å². The van der Waals surface area contributed by atoms with E-state index in [0.717, 1.165) is 36.3 Å². The minimum absolute atomic E-state index is 0.0514. The molecule has 0 spiro atoms. The molecule has 3 rings (SSSR count).